The van der Waals surface area contributed by atoms with Crippen molar-refractivity contribution in [2.24, 2.45) is 0 Å². The van der Waals surface area contributed by atoms with Gasteiger partial charge in [-0.05, 0) is 23.1 Å². The second-order valence-corrected chi connectivity index (χ2v) is 7.35. The first-order chi connectivity index (χ1) is 10.4. The zero-order chi connectivity index (χ0) is 15.7. The van der Waals surface area contributed by atoms with E-state index >= 15 is 0 Å². The van der Waals surface area contributed by atoms with E-state index in [2.05, 4.69) is 37.8 Å². The number of carbonyl (C=O) groups is 1. The maximum absolute atomic E-state index is 12.6. The summed E-state index contributed by atoms with van der Waals surface area (Å²) in [6.45, 7) is 11.8. The highest BCUT2D eigenvalue weighted by atomic mass is 16.5. The molecule has 2 saturated heterocycles. The van der Waals surface area contributed by atoms with Gasteiger partial charge >= 0.3 is 0 Å². The van der Waals surface area contributed by atoms with Crippen molar-refractivity contribution in [2.45, 2.75) is 32.2 Å². The van der Waals surface area contributed by atoms with Crippen molar-refractivity contribution < 1.29 is 9.53 Å². The SMILES string of the molecule is CC(C)(C)c1ccc(C(=O)N2CCN(C3COC3)CC2)cc1. The molecule has 1 aromatic rings. The summed E-state index contributed by atoms with van der Waals surface area (Å²) in [6, 6.07) is 8.66. The zero-order valence-corrected chi connectivity index (χ0v) is 13.8. The van der Waals surface area contributed by atoms with Gasteiger partial charge in [-0.3, -0.25) is 9.69 Å². The molecule has 4 nitrogen and oxygen atoms in total. The number of nitrogens with zero attached hydrogens (tertiary/aromatic N) is 2. The summed E-state index contributed by atoms with van der Waals surface area (Å²) in [7, 11) is 0. The highest BCUT2D eigenvalue weighted by molar-refractivity contribution is 5.94. The molecule has 0 aliphatic carbocycles. The first kappa shape index (κ1) is 15.5. The summed E-state index contributed by atoms with van der Waals surface area (Å²) < 4.78 is 5.25. The summed E-state index contributed by atoms with van der Waals surface area (Å²) in [4.78, 5) is 17.0. The standard InChI is InChI=1S/C18H26N2O2/c1-18(2,3)15-6-4-14(5-7-15)17(21)20-10-8-19(9-11-20)16-12-22-13-16/h4-7,16H,8-13H2,1-3H3. The smallest absolute Gasteiger partial charge is 0.253 e. The number of benzene rings is 1. The molecule has 2 aliphatic rings. The van der Waals surface area contributed by atoms with Crippen molar-refractivity contribution in [2.75, 3.05) is 39.4 Å². The van der Waals surface area contributed by atoms with Crippen LogP contribution in [-0.4, -0.2) is 61.1 Å². The molecule has 1 aromatic carbocycles. The lowest BCUT2D eigenvalue weighted by Crippen LogP contribution is -2.57. The van der Waals surface area contributed by atoms with Crippen LogP contribution in [-0.2, 0) is 10.2 Å². The van der Waals surface area contributed by atoms with Gasteiger partial charge in [-0.1, -0.05) is 32.9 Å². The van der Waals surface area contributed by atoms with E-state index in [-0.39, 0.29) is 11.3 Å². The highest BCUT2D eigenvalue weighted by Crippen LogP contribution is 2.23. The molecule has 0 radical (unpaired) electrons. The molecular formula is C18H26N2O2. The second-order valence-electron chi connectivity index (χ2n) is 7.35. The monoisotopic (exact) mass is 302 g/mol. The summed E-state index contributed by atoms with van der Waals surface area (Å²) >= 11 is 0. The molecular weight excluding hydrogens is 276 g/mol. The van der Waals surface area contributed by atoms with E-state index in [1.807, 2.05) is 17.0 Å². The van der Waals surface area contributed by atoms with Crippen molar-refractivity contribution in [3.05, 3.63) is 35.4 Å². The lowest BCUT2D eigenvalue weighted by atomic mass is 9.86. The molecule has 2 heterocycles. The van der Waals surface area contributed by atoms with Crippen LogP contribution in [0.1, 0.15) is 36.7 Å². The first-order valence-electron chi connectivity index (χ1n) is 8.17. The third-order valence-corrected chi connectivity index (χ3v) is 4.74. The molecule has 120 valence electrons. The third kappa shape index (κ3) is 3.18. The number of carbonyl (C=O) groups excluding carboxylic acids is 1. The minimum Gasteiger partial charge on any atom is -0.378 e. The summed E-state index contributed by atoms with van der Waals surface area (Å²) in [5.41, 5.74) is 2.19. The Bertz CT molecular complexity index is 521. The van der Waals surface area contributed by atoms with Gasteiger partial charge in [0.15, 0.2) is 0 Å². The maximum Gasteiger partial charge on any atom is 0.253 e. The Morgan fingerprint density at radius 2 is 1.64 bits per heavy atom. The van der Waals surface area contributed by atoms with Crippen LogP contribution in [0.25, 0.3) is 0 Å². The average molecular weight is 302 g/mol. The van der Waals surface area contributed by atoms with Crippen LogP contribution in [0, 0.1) is 0 Å². The zero-order valence-electron chi connectivity index (χ0n) is 13.8. The van der Waals surface area contributed by atoms with Crippen molar-refractivity contribution >= 4 is 5.91 Å². The minimum atomic E-state index is 0.123. The van der Waals surface area contributed by atoms with Crippen LogP contribution in [0.2, 0.25) is 0 Å². The average Bonchev–Trinajstić information content (AvgIpc) is 2.45. The molecule has 0 unspecified atom stereocenters. The van der Waals surface area contributed by atoms with Gasteiger partial charge in [0.1, 0.15) is 0 Å². The van der Waals surface area contributed by atoms with Crippen molar-refractivity contribution in [1.82, 2.24) is 9.80 Å². The molecule has 0 spiro atoms. The number of ether oxygens (including phenoxy) is 1. The molecule has 0 aromatic heterocycles. The van der Waals surface area contributed by atoms with Gasteiger partial charge in [0.05, 0.1) is 19.3 Å². The quantitative estimate of drug-likeness (QED) is 0.839. The van der Waals surface area contributed by atoms with E-state index < -0.39 is 0 Å². The summed E-state index contributed by atoms with van der Waals surface area (Å²) in [5.74, 6) is 0.157. The van der Waals surface area contributed by atoms with Gasteiger partial charge < -0.3 is 9.64 Å². The number of amides is 1. The lowest BCUT2D eigenvalue weighted by Gasteiger charge is -2.42. The van der Waals surface area contributed by atoms with E-state index in [9.17, 15) is 4.79 Å². The first-order valence-corrected chi connectivity index (χ1v) is 8.17. The molecule has 2 fully saturated rings. The van der Waals surface area contributed by atoms with Gasteiger partial charge in [-0.2, -0.15) is 0 Å². The molecule has 22 heavy (non-hydrogen) atoms. The Labute approximate surface area is 133 Å². The van der Waals surface area contributed by atoms with Crippen LogP contribution in [0.4, 0.5) is 0 Å². The van der Waals surface area contributed by atoms with E-state index in [1.165, 1.54) is 5.56 Å². The predicted octanol–water partition coefficient (Wildman–Crippen LogP) is 2.14. The Kier molecular flexibility index (Phi) is 4.24. The summed E-state index contributed by atoms with van der Waals surface area (Å²) in [5, 5.41) is 0. The molecule has 3 rings (SSSR count). The predicted molar refractivity (Wildman–Crippen MR) is 87.2 cm³/mol. The fraction of sp³-hybridized carbons (Fsp3) is 0.611. The Hall–Kier alpha value is -1.39. The van der Waals surface area contributed by atoms with E-state index in [4.69, 9.17) is 4.74 Å². The fourth-order valence-electron chi connectivity index (χ4n) is 3.02. The Balaban J connectivity index is 1.60. The molecule has 0 N–H and O–H groups in total. The van der Waals surface area contributed by atoms with E-state index in [0.717, 1.165) is 45.0 Å². The molecule has 0 atom stereocenters. The molecule has 1 amide bonds. The highest BCUT2D eigenvalue weighted by Gasteiger charge is 2.30. The number of hydrogen-bond acceptors (Lipinski definition) is 3. The number of piperazine rings is 1. The van der Waals surface area contributed by atoms with Crippen molar-refractivity contribution in [3.8, 4) is 0 Å². The molecule has 4 heteroatoms. The van der Waals surface area contributed by atoms with Crippen LogP contribution >= 0.6 is 0 Å². The fourth-order valence-corrected chi connectivity index (χ4v) is 3.02. The maximum atomic E-state index is 12.6. The third-order valence-electron chi connectivity index (χ3n) is 4.74. The Morgan fingerprint density at radius 3 is 2.09 bits per heavy atom. The largest absolute Gasteiger partial charge is 0.378 e. The Morgan fingerprint density at radius 1 is 1.05 bits per heavy atom. The van der Waals surface area contributed by atoms with Crippen LogP contribution in [0.3, 0.4) is 0 Å². The lowest BCUT2D eigenvalue weighted by molar-refractivity contribution is -0.0746. The van der Waals surface area contributed by atoms with Gasteiger partial charge in [0, 0.05) is 31.7 Å². The van der Waals surface area contributed by atoms with Crippen molar-refractivity contribution in [3.63, 3.8) is 0 Å². The molecule has 0 bridgehead atoms. The van der Waals surface area contributed by atoms with Crippen molar-refractivity contribution in [1.29, 1.82) is 0 Å². The molecule has 2 aliphatic heterocycles. The summed E-state index contributed by atoms with van der Waals surface area (Å²) in [6.07, 6.45) is 0. The normalized spacial score (nSPS) is 20.8. The van der Waals surface area contributed by atoms with E-state index in [0.29, 0.717) is 6.04 Å². The minimum absolute atomic E-state index is 0.123. The van der Waals surface area contributed by atoms with E-state index in [1.54, 1.807) is 0 Å². The van der Waals surface area contributed by atoms with Crippen LogP contribution in [0.15, 0.2) is 24.3 Å². The number of rotatable bonds is 2. The molecule has 0 saturated carbocycles. The number of hydrogen-bond donors (Lipinski definition) is 0. The van der Waals surface area contributed by atoms with Gasteiger partial charge in [-0.25, -0.2) is 0 Å². The topological polar surface area (TPSA) is 32.8 Å². The van der Waals surface area contributed by atoms with Gasteiger partial charge in [-0.15, -0.1) is 0 Å². The second kappa shape index (κ2) is 6.01. The van der Waals surface area contributed by atoms with Gasteiger partial charge in [0.2, 0.25) is 0 Å². The van der Waals surface area contributed by atoms with Crippen LogP contribution < -0.4 is 0 Å². The van der Waals surface area contributed by atoms with Gasteiger partial charge in [0.25, 0.3) is 5.91 Å². The van der Waals surface area contributed by atoms with Crippen LogP contribution in [0.5, 0.6) is 0 Å².